The van der Waals surface area contributed by atoms with Gasteiger partial charge in [0, 0.05) is 19.3 Å². The van der Waals surface area contributed by atoms with Gasteiger partial charge in [0.2, 0.25) is 0 Å². The Kier molecular flexibility index (Phi) is 5.63. The van der Waals surface area contributed by atoms with E-state index in [9.17, 15) is 9.59 Å². The van der Waals surface area contributed by atoms with Gasteiger partial charge in [0.15, 0.2) is 0 Å². The fraction of sp³-hybridized carbons (Fsp3) is 0.250. The van der Waals surface area contributed by atoms with Crippen molar-refractivity contribution in [1.82, 2.24) is 9.88 Å². The van der Waals surface area contributed by atoms with Crippen molar-refractivity contribution in [3.8, 4) is 0 Å². The summed E-state index contributed by atoms with van der Waals surface area (Å²) in [5.41, 5.74) is 3.28. The molecule has 2 heterocycles. The predicted octanol–water partition coefficient (Wildman–Crippen LogP) is 3.29. The monoisotopic (exact) mass is 352 g/mol. The molecule has 1 aromatic heterocycles. The minimum atomic E-state index is -0.457. The van der Waals surface area contributed by atoms with E-state index in [0.717, 1.165) is 16.7 Å². The molecule has 6 nitrogen and oxygen atoms in total. The fourth-order valence-corrected chi connectivity index (χ4v) is 2.72. The number of rotatable bonds is 4. The number of amides is 1. The lowest BCUT2D eigenvalue weighted by Gasteiger charge is -2.26. The second-order valence-corrected chi connectivity index (χ2v) is 5.89. The van der Waals surface area contributed by atoms with Crippen molar-refractivity contribution in [3.05, 3.63) is 71.6 Å². The van der Waals surface area contributed by atoms with E-state index >= 15 is 0 Å². The molecule has 134 valence electrons. The Morgan fingerprint density at radius 2 is 1.96 bits per heavy atom. The van der Waals surface area contributed by atoms with Gasteiger partial charge < -0.3 is 14.4 Å². The summed E-state index contributed by atoms with van der Waals surface area (Å²) >= 11 is 0. The molecule has 1 aliphatic heterocycles. The van der Waals surface area contributed by atoms with Crippen LogP contribution in [0.5, 0.6) is 0 Å². The molecule has 1 amide bonds. The van der Waals surface area contributed by atoms with Crippen molar-refractivity contribution < 1.29 is 19.1 Å². The van der Waals surface area contributed by atoms with Crippen LogP contribution >= 0.6 is 0 Å². The number of benzene rings is 1. The first-order chi connectivity index (χ1) is 12.7. The van der Waals surface area contributed by atoms with Crippen LogP contribution < -0.4 is 0 Å². The molecular formula is C20H20N2O4. The maximum atomic E-state index is 12.2. The molecule has 0 unspecified atom stereocenters. The van der Waals surface area contributed by atoms with Crippen molar-refractivity contribution in [2.24, 2.45) is 0 Å². The molecule has 0 radical (unpaired) electrons. The zero-order valence-corrected chi connectivity index (χ0v) is 14.6. The van der Waals surface area contributed by atoms with Gasteiger partial charge in [-0.05, 0) is 29.2 Å². The highest BCUT2D eigenvalue weighted by atomic mass is 16.6. The van der Waals surface area contributed by atoms with E-state index in [1.54, 1.807) is 17.2 Å². The summed E-state index contributed by atoms with van der Waals surface area (Å²) in [6.45, 7) is 1.34. The van der Waals surface area contributed by atoms with Crippen LogP contribution in [0, 0.1) is 0 Å². The number of aromatic nitrogens is 1. The normalized spacial score (nSPS) is 13.7. The topological polar surface area (TPSA) is 68.7 Å². The SMILES string of the molecule is COC(=O)c1ccc(C2=CCN(C(=O)OCc3ccccc3)CC2)cn1. The van der Waals surface area contributed by atoms with Gasteiger partial charge in [-0.25, -0.2) is 14.6 Å². The summed E-state index contributed by atoms with van der Waals surface area (Å²) in [5, 5.41) is 0. The molecule has 0 atom stereocenters. The van der Waals surface area contributed by atoms with Crippen LogP contribution in [0.3, 0.4) is 0 Å². The second-order valence-electron chi connectivity index (χ2n) is 5.89. The van der Waals surface area contributed by atoms with E-state index in [2.05, 4.69) is 9.72 Å². The summed E-state index contributed by atoms with van der Waals surface area (Å²) in [6, 6.07) is 13.1. The van der Waals surface area contributed by atoms with Gasteiger partial charge in [-0.3, -0.25) is 0 Å². The second kappa shape index (κ2) is 8.29. The average Bonchev–Trinajstić information content (AvgIpc) is 2.72. The smallest absolute Gasteiger partial charge is 0.410 e. The van der Waals surface area contributed by atoms with E-state index in [-0.39, 0.29) is 18.4 Å². The minimum Gasteiger partial charge on any atom is -0.464 e. The number of methoxy groups -OCH3 is 1. The molecule has 6 heteroatoms. The van der Waals surface area contributed by atoms with Crippen LogP contribution in [0.1, 0.15) is 28.0 Å². The van der Waals surface area contributed by atoms with E-state index in [1.165, 1.54) is 7.11 Å². The fourth-order valence-electron chi connectivity index (χ4n) is 2.72. The third-order valence-electron chi connectivity index (χ3n) is 4.20. The summed E-state index contributed by atoms with van der Waals surface area (Å²) in [6.07, 6.45) is 4.03. The minimum absolute atomic E-state index is 0.269. The van der Waals surface area contributed by atoms with E-state index in [1.807, 2.05) is 42.5 Å². The Hall–Kier alpha value is -3.15. The van der Waals surface area contributed by atoms with Gasteiger partial charge in [0.25, 0.3) is 0 Å². The number of hydrogen-bond donors (Lipinski definition) is 0. The van der Waals surface area contributed by atoms with Crippen LogP contribution in [-0.4, -0.2) is 42.1 Å². The van der Waals surface area contributed by atoms with Crippen molar-refractivity contribution in [3.63, 3.8) is 0 Å². The zero-order chi connectivity index (χ0) is 18.4. The molecule has 0 fully saturated rings. The molecule has 0 saturated carbocycles. The summed E-state index contributed by atoms with van der Waals surface area (Å²) < 4.78 is 10.00. The Morgan fingerprint density at radius 1 is 1.15 bits per heavy atom. The Labute approximate surface area is 152 Å². The van der Waals surface area contributed by atoms with Crippen molar-refractivity contribution in [1.29, 1.82) is 0 Å². The van der Waals surface area contributed by atoms with Crippen LogP contribution in [0.4, 0.5) is 4.79 Å². The number of pyridine rings is 1. The lowest BCUT2D eigenvalue weighted by molar-refractivity contribution is 0.0594. The molecule has 1 aliphatic rings. The largest absolute Gasteiger partial charge is 0.464 e. The van der Waals surface area contributed by atoms with Gasteiger partial charge in [0.05, 0.1) is 7.11 Å². The Bertz CT molecular complexity index is 800. The summed E-state index contributed by atoms with van der Waals surface area (Å²) in [5.74, 6) is -0.457. The predicted molar refractivity (Wildman–Crippen MR) is 96.4 cm³/mol. The number of carbonyl (C=O) groups is 2. The maximum Gasteiger partial charge on any atom is 0.410 e. The summed E-state index contributed by atoms with van der Waals surface area (Å²) in [7, 11) is 1.33. The molecule has 0 spiro atoms. The van der Waals surface area contributed by atoms with E-state index < -0.39 is 5.97 Å². The van der Waals surface area contributed by atoms with Gasteiger partial charge >= 0.3 is 12.1 Å². The number of hydrogen-bond acceptors (Lipinski definition) is 5. The van der Waals surface area contributed by atoms with Crippen LogP contribution in [-0.2, 0) is 16.1 Å². The van der Waals surface area contributed by atoms with Gasteiger partial charge in [-0.15, -0.1) is 0 Å². The molecule has 1 aromatic carbocycles. The molecule has 0 bridgehead atoms. The quantitative estimate of drug-likeness (QED) is 0.790. The van der Waals surface area contributed by atoms with Gasteiger partial charge in [0.1, 0.15) is 12.3 Å². The first kappa shape index (κ1) is 17.7. The molecule has 3 rings (SSSR count). The number of nitrogens with zero attached hydrogens (tertiary/aromatic N) is 2. The highest BCUT2D eigenvalue weighted by Crippen LogP contribution is 2.22. The number of ether oxygens (including phenoxy) is 2. The van der Waals surface area contributed by atoms with Crippen molar-refractivity contribution in [2.45, 2.75) is 13.0 Å². The third-order valence-corrected chi connectivity index (χ3v) is 4.20. The molecule has 0 saturated heterocycles. The highest BCUT2D eigenvalue weighted by Gasteiger charge is 2.19. The number of esters is 1. The number of carbonyl (C=O) groups excluding carboxylic acids is 2. The highest BCUT2D eigenvalue weighted by molar-refractivity contribution is 5.87. The van der Waals surface area contributed by atoms with Crippen LogP contribution in [0.15, 0.2) is 54.7 Å². The van der Waals surface area contributed by atoms with E-state index in [0.29, 0.717) is 19.5 Å². The van der Waals surface area contributed by atoms with Crippen LogP contribution in [0.2, 0.25) is 0 Å². The Morgan fingerprint density at radius 3 is 2.58 bits per heavy atom. The van der Waals surface area contributed by atoms with Gasteiger partial charge in [-0.2, -0.15) is 0 Å². The molecule has 2 aromatic rings. The van der Waals surface area contributed by atoms with Gasteiger partial charge in [-0.1, -0.05) is 42.5 Å². The maximum absolute atomic E-state index is 12.2. The van der Waals surface area contributed by atoms with Crippen molar-refractivity contribution >= 4 is 17.6 Å². The lowest BCUT2D eigenvalue weighted by atomic mass is 10.0. The average molecular weight is 352 g/mol. The third kappa shape index (κ3) is 4.27. The van der Waals surface area contributed by atoms with E-state index in [4.69, 9.17) is 4.74 Å². The first-order valence-electron chi connectivity index (χ1n) is 8.37. The molecule has 0 N–H and O–H groups in total. The molecular weight excluding hydrogens is 332 g/mol. The zero-order valence-electron chi connectivity index (χ0n) is 14.6. The standard InChI is InChI=1S/C20H20N2O4/c1-25-19(23)18-8-7-17(13-21-18)16-9-11-22(12-10-16)20(24)26-14-15-5-3-2-4-6-15/h2-9,13H,10-12,14H2,1H3. The summed E-state index contributed by atoms with van der Waals surface area (Å²) in [4.78, 5) is 29.4. The molecule has 0 aliphatic carbocycles. The van der Waals surface area contributed by atoms with Crippen molar-refractivity contribution in [2.75, 3.05) is 20.2 Å². The first-order valence-corrected chi connectivity index (χ1v) is 8.37. The van der Waals surface area contributed by atoms with Crippen LogP contribution in [0.25, 0.3) is 5.57 Å². The molecule has 26 heavy (non-hydrogen) atoms. The lowest BCUT2D eigenvalue weighted by Crippen LogP contribution is -2.35. The Balaban J connectivity index is 1.56.